The van der Waals surface area contributed by atoms with Gasteiger partial charge in [0, 0.05) is 16.3 Å². The number of aromatic nitrogens is 2. The average Bonchev–Trinajstić information content (AvgIpc) is 3.23. The number of aryl methyl sites for hydroxylation is 1. The van der Waals surface area contributed by atoms with E-state index in [0.29, 0.717) is 27.3 Å². The summed E-state index contributed by atoms with van der Waals surface area (Å²) in [6, 6.07) is 6.78. The van der Waals surface area contributed by atoms with Crippen LogP contribution in [0.1, 0.15) is 21.7 Å². The van der Waals surface area contributed by atoms with Gasteiger partial charge in [0.25, 0.3) is 5.91 Å². The van der Waals surface area contributed by atoms with Crippen LogP contribution in [0.5, 0.6) is 5.75 Å². The van der Waals surface area contributed by atoms with Gasteiger partial charge in [0.2, 0.25) is 5.91 Å². The van der Waals surface area contributed by atoms with Crippen molar-refractivity contribution in [1.29, 1.82) is 0 Å². The largest absolute Gasteiger partial charge is 0.497 e. The van der Waals surface area contributed by atoms with Gasteiger partial charge in [-0.2, -0.15) is 0 Å². The molecule has 0 fully saturated rings. The minimum absolute atomic E-state index is 0.119. The summed E-state index contributed by atoms with van der Waals surface area (Å²) in [7, 11) is 1.57. The van der Waals surface area contributed by atoms with E-state index >= 15 is 0 Å². The summed E-state index contributed by atoms with van der Waals surface area (Å²) in [5, 5.41) is 10.1. The Morgan fingerprint density at radius 3 is 2.38 bits per heavy atom. The highest BCUT2D eigenvalue weighted by atomic mass is 32.1. The van der Waals surface area contributed by atoms with Gasteiger partial charge in [-0.25, -0.2) is 9.97 Å². The monoisotopic (exact) mass is 388 g/mol. The molecule has 0 unspecified atom stereocenters. The zero-order valence-corrected chi connectivity index (χ0v) is 15.7. The number of carbonyl (C=O) groups excluding carboxylic acids is 2. The highest BCUT2D eigenvalue weighted by molar-refractivity contribution is 7.14. The van der Waals surface area contributed by atoms with Crippen LogP contribution in [0.4, 0.5) is 10.3 Å². The lowest BCUT2D eigenvalue weighted by Crippen LogP contribution is -2.15. The van der Waals surface area contributed by atoms with Crippen molar-refractivity contribution in [2.75, 3.05) is 17.7 Å². The summed E-state index contributed by atoms with van der Waals surface area (Å²) in [6.07, 6.45) is 0.119. The first kappa shape index (κ1) is 18.0. The van der Waals surface area contributed by atoms with Crippen molar-refractivity contribution >= 4 is 44.8 Å². The number of nitrogens with zero attached hydrogens (tertiary/aromatic N) is 2. The van der Waals surface area contributed by atoms with Crippen molar-refractivity contribution < 1.29 is 14.3 Å². The predicted octanol–water partition coefficient (Wildman–Crippen LogP) is 3.35. The van der Waals surface area contributed by atoms with E-state index in [9.17, 15) is 9.59 Å². The van der Waals surface area contributed by atoms with Gasteiger partial charge >= 0.3 is 0 Å². The summed E-state index contributed by atoms with van der Waals surface area (Å²) in [4.78, 5) is 32.7. The molecule has 2 amide bonds. The van der Waals surface area contributed by atoms with Gasteiger partial charge in [0.15, 0.2) is 10.3 Å². The molecule has 7 nitrogen and oxygen atoms in total. The smallest absolute Gasteiger partial charge is 0.257 e. The maximum absolute atomic E-state index is 12.2. The topological polar surface area (TPSA) is 93.2 Å². The number of anilines is 2. The number of amides is 2. The lowest BCUT2D eigenvalue weighted by Gasteiger charge is -2.03. The number of nitrogens with one attached hydrogen (secondary N) is 2. The van der Waals surface area contributed by atoms with Crippen molar-refractivity contribution in [2.24, 2.45) is 0 Å². The molecule has 2 aromatic heterocycles. The van der Waals surface area contributed by atoms with E-state index in [1.807, 2.05) is 12.3 Å². The Morgan fingerprint density at radius 1 is 1.04 bits per heavy atom. The molecule has 0 saturated carbocycles. The van der Waals surface area contributed by atoms with Crippen LogP contribution in [0.3, 0.4) is 0 Å². The van der Waals surface area contributed by atoms with Crippen LogP contribution in [0.2, 0.25) is 0 Å². The number of methoxy groups -OCH3 is 1. The van der Waals surface area contributed by atoms with Gasteiger partial charge in [-0.1, -0.05) is 0 Å². The average molecular weight is 388 g/mol. The number of hydrogen-bond donors (Lipinski definition) is 2. The fourth-order valence-electron chi connectivity index (χ4n) is 2.10. The van der Waals surface area contributed by atoms with Crippen LogP contribution in [0.15, 0.2) is 35.0 Å². The first-order chi connectivity index (χ1) is 12.5. The Labute approximate surface area is 158 Å². The molecule has 0 aliphatic carbocycles. The van der Waals surface area contributed by atoms with E-state index in [4.69, 9.17) is 4.74 Å². The lowest BCUT2D eigenvalue weighted by molar-refractivity contribution is -0.115. The van der Waals surface area contributed by atoms with E-state index in [1.165, 1.54) is 22.7 Å². The summed E-state index contributed by atoms with van der Waals surface area (Å²) in [6.45, 7) is 1.87. The normalized spacial score (nSPS) is 10.4. The molecule has 0 radical (unpaired) electrons. The molecule has 0 aliphatic rings. The molecular weight excluding hydrogens is 372 g/mol. The van der Waals surface area contributed by atoms with E-state index in [1.54, 1.807) is 36.8 Å². The Bertz CT molecular complexity index is 918. The Morgan fingerprint density at radius 2 is 1.73 bits per heavy atom. The van der Waals surface area contributed by atoms with Gasteiger partial charge in [0.1, 0.15) is 5.75 Å². The van der Waals surface area contributed by atoms with Crippen molar-refractivity contribution in [3.63, 3.8) is 0 Å². The van der Waals surface area contributed by atoms with Crippen LogP contribution in [0.25, 0.3) is 0 Å². The molecule has 26 heavy (non-hydrogen) atoms. The summed E-state index contributed by atoms with van der Waals surface area (Å²) < 4.78 is 5.07. The third-order valence-electron chi connectivity index (χ3n) is 3.33. The summed E-state index contributed by atoms with van der Waals surface area (Å²) >= 11 is 2.65. The van der Waals surface area contributed by atoms with Crippen molar-refractivity contribution in [3.8, 4) is 5.75 Å². The first-order valence-corrected chi connectivity index (χ1v) is 9.41. The van der Waals surface area contributed by atoms with Crippen molar-refractivity contribution in [1.82, 2.24) is 9.97 Å². The molecule has 3 aromatic rings. The van der Waals surface area contributed by atoms with Crippen LogP contribution in [-0.2, 0) is 11.2 Å². The first-order valence-electron chi connectivity index (χ1n) is 7.65. The molecule has 1 aromatic carbocycles. The predicted molar refractivity (Wildman–Crippen MR) is 102 cm³/mol. The number of thiazole rings is 2. The zero-order valence-electron chi connectivity index (χ0n) is 14.1. The molecular formula is C17H16N4O3S2. The van der Waals surface area contributed by atoms with E-state index in [2.05, 4.69) is 20.6 Å². The van der Waals surface area contributed by atoms with Crippen molar-refractivity contribution in [3.05, 3.63) is 52.0 Å². The van der Waals surface area contributed by atoms with Crippen LogP contribution >= 0.6 is 22.7 Å². The molecule has 0 saturated heterocycles. The molecule has 0 spiro atoms. The van der Waals surface area contributed by atoms with E-state index in [0.717, 1.165) is 5.69 Å². The standard InChI is InChI=1S/C17H16N4O3S2/c1-10-8-25-16(18-10)20-14(22)7-12-9-26-17(19-12)21-15(23)11-3-5-13(24-2)6-4-11/h3-6,8-9H,7H2,1-2H3,(H,18,20,22)(H,19,21,23). The van der Waals surface area contributed by atoms with Crippen LogP contribution in [-0.4, -0.2) is 28.9 Å². The quantitative estimate of drug-likeness (QED) is 0.675. The van der Waals surface area contributed by atoms with Crippen LogP contribution < -0.4 is 15.4 Å². The molecule has 0 bridgehead atoms. The van der Waals surface area contributed by atoms with E-state index < -0.39 is 0 Å². The molecule has 0 aliphatic heterocycles. The van der Waals surface area contributed by atoms with Gasteiger partial charge in [-0.3, -0.25) is 14.9 Å². The number of carbonyl (C=O) groups is 2. The molecule has 2 N–H and O–H groups in total. The Hall–Kier alpha value is -2.78. The number of hydrogen-bond acceptors (Lipinski definition) is 7. The Balaban J connectivity index is 1.56. The third kappa shape index (κ3) is 4.64. The lowest BCUT2D eigenvalue weighted by atomic mass is 10.2. The zero-order chi connectivity index (χ0) is 18.5. The number of ether oxygens (including phenoxy) is 1. The molecule has 0 atom stereocenters. The minimum atomic E-state index is -0.267. The molecule has 3 rings (SSSR count). The highest BCUT2D eigenvalue weighted by Crippen LogP contribution is 2.19. The molecule has 2 heterocycles. The fraction of sp³-hybridized carbons (Fsp3) is 0.176. The van der Waals surface area contributed by atoms with Gasteiger partial charge < -0.3 is 10.1 Å². The van der Waals surface area contributed by atoms with Gasteiger partial charge in [-0.15, -0.1) is 22.7 Å². The fourth-order valence-corrected chi connectivity index (χ4v) is 3.51. The van der Waals surface area contributed by atoms with Crippen molar-refractivity contribution in [2.45, 2.75) is 13.3 Å². The van der Waals surface area contributed by atoms with Crippen LogP contribution in [0, 0.1) is 6.92 Å². The second-order valence-electron chi connectivity index (χ2n) is 5.35. The van der Waals surface area contributed by atoms with Gasteiger partial charge in [-0.05, 0) is 31.2 Å². The second-order valence-corrected chi connectivity index (χ2v) is 7.06. The Kier molecular flexibility index (Phi) is 5.59. The molecule has 134 valence electrons. The molecule has 9 heteroatoms. The second kappa shape index (κ2) is 8.07. The third-order valence-corrected chi connectivity index (χ3v) is 5.01. The highest BCUT2D eigenvalue weighted by Gasteiger charge is 2.12. The van der Waals surface area contributed by atoms with Gasteiger partial charge in [0.05, 0.1) is 24.9 Å². The SMILES string of the molecule is COc1ccc(C(=O)Nc2nc(CC(=O)Nc3nc(C)cs3)cs2)cc1. The maximum atomic E-state index is 12.2. The summed E-state index contributed by atoms with van der Waals surface area (Å²) in [5.41, 5.74) is 1.95. The maximum Gasteiger partial charge on any atom is 0.257 e. The number of benzene rings is 1. The van der Waals surface area contributed by atoms with E-state index in [-0.39, 0.29) is 18.2 Å². The number of rotatable bonds is 6. The minimum Gasteiger partial charge on any atom is -0.497 e. The summed E-state index contributed by atoms with van der Waals surface area (Å²) in [5.74, 6) is 0.216.